The van der Waals surface area contributed by atoms with E-state index in [-0.39, 0.29) is 5.82 Å². The quantitative estimate of drug-likeness (QED) is 0.645. The van der Waals surface area contributed by atoms with Crippen LogP contribution in [0.25, 0.3) is 0 Å². The highest BCUT2D eigenvalue weighted by molar-refractivity contribution is 5.24. The van der Waals surface area contributed by atoms with Gasteiger partial charge >= 0.3 is 6.18 Å². The molecule has 0 aliphatic rings. The summed E-state index contributed by atoms with van der Waals surface area (Å²) >= 11 is 0. The lowest BCUT2D eigenvalue weighted by atomic mass is 10.1. The van der Waals surface area contributed by atoms with E-state index < -0.39 is 11.7 Å². The van der Waals surface area contributed by atoms with Gasteiger partial charge in [-0.2, -0.15) is 13.2 Å². The first kappa shape index (κ1) is 15.5. The molecule has 1 nitrogen and oxygen atoms in total. The van der Waals surface area contributed by atoms with E-state index in [2.05, 4.69) is 5.32 Å². The predicted octanol–water partition coefficient (Wildman–Crippen LogP) is 4.18. The molecule has 0 aliphatic heterocycles. The van der Waals surface area contributed by atoms with Crippen molar-refractivity contribution in [1.29, 1.82) is 0 Å². The molecule has 0 radical (unpaired) electrons. The van der Waals surface area contributed by atoms with Gasteiger partial charge in [-0.3, -0.25) is 0 Å². The summed E-state index contributed by atoms with van der Waals surface area (Å²) in [5.74, 6) is -0.242. The summed E-state index contributed by atoms with van der Waals surface area (Å²) < 4.78 is 50.6. The van der Waals surface area contributed by atoms with Crippen molar-refractivity contribution in [3.05, 3.63) is 71.0 Å². The molecule has 0 aliphatic carbocycles. The summed E-state index contributed by atoms with van der Waals surface area (Å²) in [6.07, 6.45) is -3.77. The van der Waals surface area contributed by atoms with Crippen LogP contribution in [-0.4, -0.2) is 6.54 Å². The summed E-state index contributed by atoms with van der Waals surface area (Å²) in [6, 6.07) is 11.5. The highest BCUT2D eigenvalue weighted by atomic mass is 19.4. The number of benzene rings is 2. The van der Waals surface area contributed by atoms with Gasteiger partial charge in [0.15, 0.2) is 0 Å². The van der Waals surface area contributed by atoms with E-state index in [1.54, 1.807) is 18.2 Å². The van der Waals surface area contributed by atoms with E-state index >= 15 is 0 Å². The maximum Gasteiger partial charge on any atom is 0.416 e. The van der Waals surface area contributed by atoms with Gasteiger partial charge < -0.3 is 5.32 Å². The molecule has 0 bridgehead atoms. The van der Waals surface area contributed by atoms with E-state index in [1.807, 2.05) is 0 Å². The summed E-state index contributed by atoms with van der Waals surface area (Å²) in [7, 11) is 0. The first-order valence-electron chi connectivity index (χ1n) is 6.57. The molecule has 0 amide bonds. The lowest BCUT2D eigenvalue weighted by molar-refractivity contribution is -0.137. The zero-order chi connectivity index (χ0) is 15.3. The number of hydrogen-bond acceptors (Lipinski definition) is 1. The molecule has 0 saturated heterocycles. The van der Waals surface area contributed by atoms with Crippen LogP contribution in [0.5, 0.6) is 0 Å². The van der Waals surface area contributed by atoms with Crippen LogP contribution < -0.4 is 5.32 Å². The Morgan fingerprint density at radius 2 is 1.57 bits per heavy atom. The first-order valence-corrected chi connectivity index (χ1v) is 6.57. The van der Waals surface area contributed by atoms with Crippen LogP contribution >= 0.6 is 0 Å². The van der Waals surface area contributed by atoms with Crippen molar-refractivity contribution in [2.45, 2.75) is 19.1 Å². The molecule has 2 aromatic rings. The number of nitrogens with one attached hydrogen (secondary N) is 1. The molecule has 112 valence electrons. The van der Waals surface area contributed by atoms with Crippen LogP contribution in [0.3, 0.4) is 0 Å². The SMILES string of the molecule is Fc1ccccc1CCNCc1ccc(C(F)(F)F)cc1. The Hall–Kier alpha value is -1.88. The van der Waals surface area contributed by atoms with Gasteiger partial charge in [-0.25, -0.2) is 4.39 Å². The van der Waals surface area contributed by atoms with Crippen LogP contribution in [0, 0.1) is 5.82 Å². The van der Waals surface area contributed by atoms with Gasteiger partial charge in [0, 0.05) is 6.54 Å². The summed E-state index contributed by atoms with van der Waals surface area (Å²) in [6.45, 7) is 1.01. The molecule has 0 spiro atoms. The van der Waals surface area contributed by atoms with Crippen molar-refractivity contribution in [3.8, 4) is 0 Å². The average molecular weight is 297 g/mol. The monoisotopic (exact) mass is 297 g/mol. The second kappa shape index (κ2) is 6.72. The van der Waals surface area contributed by atoms with Gasteiger partial charge in [-0.1, -0.05) is 30.3 Å². The van der Waals surface area contributed by atoms with Gasteiger partial charge in [-0.05, 0) is 42.3 Å². The minimum absolute atomic E-state index is 0.242. The Labute approximate surface area is 120 Å². The molecule has 0 heterocycles. The molecular weight excluding hydrogens is 282 g/mol. The molecule has 0 aromatic heterocycles. The lowest BCUT2D eigenvalue weighted by Crippen LogP contribution is -2.17. The van der Waals surface area contributed by atoms with Crippen molar-refractivity contribution >= 4 is 0 Å². The highest BCUT2D eigenvalue weighted by Gasteiger charge is 2.29. The third-order valence-electron chi connectivity index (χ3n) is 3.14. The molecule has 2 aromatic carbocycles. The molecule has 0 saturated carbocycles. The summed E-state index contributed by atoms with van der Waals surface area (Å²) in [5.41, 5.74) is 0.728. The molecule has 0 unspecified atom stereocenters. The predicted molar refractivity (Wildman–Crippen MR) is 73.3 cm³/mol. The fourth-order valence-electron chi connectivity index (χ4n) is 1.97. The summed E-state index contributed by atoms with van der Waals surface area (Å²) in [5, 5.41) is 3.09. The average Bonchev–Trinajstić information content (AvgIpc) is 2.45. The van der Waals surface area contributed by atoms with Crippen molar-refractivity contribution in [1.82, 2.24) is 5.32 Å². The lowest BCUT2D eigenvalue weighted by Gasteiger charge is -2.09. The normalized spacial score (nSPS) is 11.6. The molecule has 1 N–H and O–H groups in total. The second-order valence-electron chi connectivity index (χ2n) is 4.71. The van der Waals surface area contributed by atoms with Crippen LogP contribution in [0.1, 0.15) is 16.7 Å². The smallest absolute Gasteiger partial charge is 0.312 e. The molecule has 0 fully saturated rings. The maximum absolute atomic E-state index is 13.4. The van der Waals surface area contributed by atoms with E-state index in [0.29, 0.717) is 25.1 Å². The molecule has 5 heteroatoms. The van der Waals surface area contributed by atoms with Gasteiger partial charge in [0.1, 0.15) is 5.82 Å². The van der Waals surface area contributed by atoms with Gasteiger partial charge in [0.2, 0.25) is 0 Å². The number of alkyl halides is 3. The van der Waals surface area contributed by atoms with E-state index in [4.69, 9.17) is 0 Å². The maximum atomic E-state index is 13.4. The van der Waals surface area contributed by atoms with Crippen molar-refractivity contribution in [2.75, 3.05) is 6.54 Å². The fraction of sp³-hybridized carbons (Fsp3) is 0.250. The third kappa shape index (κ3) is 4.56. The fourth-order valence-corrected chi connectivity index (χ4v) is 1.97. The minimum atomic E-state index is -4.31. The molecule has 21 heavy (non-hydrogen) atoms. The zero-order valence-electron chi connectivity index (χ0n) is 11.3. The largest absolute Gasteiger partial charge is 0.416 e. The second-order valence-corrected chi connectivity index (χ2v) is 4.71. The third-order valence-corrected chi connectivity index (χ3v) is 3.14. The molecular formula is C16H15F4N. The number of halogens is 4. The topological polar surface area (TPSA) is 12.0 Å². The number of rotatable bonds is 5. The first-order chi connectivity index (χ1) is 9.97. The van der Waals surface area contributed by atoms with Crippen LogP contribution in [0.2, 0.25) is 0 Å². The Kier molecular flexibility index (Phi) is 4.96. The molecule has 2 rings (SSSR count). The van der Waals surface area contributed by atoms with Gasteiger partial charge in [0.25, 0.3) is 0 Å². The van der Waals surface area contributed by atoms with Crippen molar-refractivity contribution in [3.63, 3.8) is 0 Å². The standard InChI is InChI=1S/C16H15F4N/c17-15-4-2-1-3-13(15)9-10-21-11-12-5-7-14(8-6-12)16(18,19)20/h1-8,21H,9-11H2. The minimum Gasteiger partial charge on any atom is -0.312 e. The zero-order valence-corrected chi connectivity index (χ0v) is 11.3. The summed E-state index contributed by atoms with van der Waals surface area (Å²) in [4.78, 5) is 0. The van der Waals surface area contributed by atoms with E-state index in [9.17, 15) is 17.6 Å². The Morgan fingerprint density at radius 3 is 2.19 bits per heavy atom. The Balaban J connectivity index is 1.80. The van der Waals surface area contributed by atoms with Crippen LogP contribution in [-0.2, 0) is 19.1 Å². The Morgan fingerprint density at radius 1 is 0.905 bits per heavy atom. The van der Waals surface area contributed by atoms with Crippen molar-refractivity contribution in [2.24, 2.45) is 0 Å². The van der Waals surface area contributed by atoms with Gasteiger partial charge in [0.05, 0.1) is 5.56 Å². The van der Waals surface area contributed by atoms with E-state index in [1.165, 1.54) is 18.2 Å². The van der Waals surface area contributed by atoms with Crippen LogP contribution in [0.4, 0.5) is 17.6 Å². The van der Waals surface area contributed by atoms with E-state index in [0.717, 1.165) is 17.7 Å². The highest BCUT2D eigenvalue weighted by Crippen LogP contribution is 2.28. The van der Waals surface area contributed by atoms with Crippen LogP contribution in [0.15, 0.2) is 48.5 Å². The van der Waals surface area contributed by atoms with Gasteiger partial charge in [-0.15, -0.1) is 0 Å². The number of hydrogen-bond donors (Lipinski definition) is 1. The van der Waals surface area contributed by atoms with Crippen molar-refractivity contribution < 1.29 is 17.6 Å². The Bertz CT molecular complexity index is 576. The molecule has 0 atom stereocenters.